The third-order valence-corrected chi connectivity index (χ3v) is 4.65. The van der Waals surface area contributed by atoms with E-state index < -0.39 is 5.54 Å². The van der Waals surface area contributed by atoms with Crippen LogP contribution in [-0.2, 0) is 18.4 Å². The third kappa shape index (κ3) is 4.70. The molecule has 0 bridgehead atoms. The van der Waals surface area contributed by atoms with Crippen molar-refractivity contribution >= 4 is 0 Å². The Kier molecular flexibility index (Phi) is 5.40. The van der Waals surface area contributed by atoms with Crippen molar-refractivity contribution in [2.75, 3.05) is 0 Å². The fourth-order valence-corrected chi connectivity index (χ4v) is 3.18. The molecule has 146 valence electrons. The Morgan fingerprint density at radius 1 is 0.862 bits per heavy atom. The highest BCUT2D eigenvalue weighted by molar-refractivity contribution is 5.39. The lowest BCUT2D eigenvalue weighted by Gasteiger charge is -2.20. The minimum Gasteiger partial charge on any atom is -0.457 e. The van der Waals surface area contributed by atoms with Crippen LogP contribution in [0.15, 0.2) is 89.3 Å². The van der Waals surface area contributed by atoms with Crippen molar-refractivity contribution in [1.29, 1.82) is 0 Å². The first-order chi connectivity index (χ1) is 14.1. The summed E-state index contributed by atoms with van der Waals surface area (Å²) >= 11 is 0. The number of nitrogens with zero attached hydrogens (tertiary/aromatic N) is 2. The molecule has 0 saturated heterocycles. The van der Waals surface area contributed by atoms with E-state index in [9.17, 15) is 0 Å². The maximum atomic E-state index is 6.49. The van der Waals surface area contributed by atoms with E-state index in [0.29, 0.717) is 24.6 Å². The van der Waals surface area contributed by atoms with E-state index in [-0.39, 0.29) is 0 Å². The Morgan fingerprint density at radius 3 is 2.28 bits per heavy atom. The fourth-order valence-electron chi connectivity index (χ4n) is 3.18. The Morgan fingerprint density at radius 2 is 1.52 bits per heavy atom. The molecule has 0 aliphatic rings. The molecule has 5 nitrogen and oxygen atoms in total. The van der Waals surface area contributed by atoms with Gasteiger partial charge < -0.3 is 14.9 Å². The van der Waals surface area contributed by atoms with Crippen LogP contribution in [0.2, 0.25) is 0 Å². The predicted molar refractivity (Wildman–Crippen MR) is 112 cm³/mol. The van der Waals surface area contributed by atoms with Crippen LogP contribution in [0.25, 0.3) is 0 Å². The summed E-state index contributed by atoms with van der Waals surface area (Å²) in [6.45, 7) is 1.91. The summed E-state index contributed by atoms with van der Waals surface area (Å²) in [6.07, 6.45) is 1.08. The van der Waals surface area contributed by atoms with E-state index in [1.807, 2.05) is 91.9 Å². The van der Waals surface area contributed by atoms with E-state index in [1.165, 1.54) is 0 Å². The van der Waals surface area contributed by atoms with Gasteiger partial charge in [0.1, 0.15) is 11.5 Å². The van der Waals surface area contributed by atoms with Gasteiger partial charge in [-0.15, -0.1) is 10.2 Å². The zero-order valence-electron chi connectivity index (χ0n) is 16.3. The van der Waals surface area contributed by atoms with E-state index in [1.54, 1.807) is 0 Å². The minimum absolute atomic E-state index is 0.429. The van der Waals surface area contributed by atoms with Gasteiger partial charge in [-0.3, -0.25) is 0 Å². The van der Waals surface area contributed by atoms with Gasteiger partial charge in [-0.1, -0.05) is 66.7 Å². The zero-order chi connectivity index (χ0) is 20.1. The second kappa shape index (κ2) is 8.29. The number of hydrogen-bond acceptors (Lipinski definition) is 5. The van der Waals surface area contributed by atoms with Crippen molar-refractivity contribution in [2.24, 2.45) is 5.73 Å². The van der Waals surface area contributed by atoms with Crippen molar-refractivity contribution in [3.8, 4) is 11.5 Å². The van der Waals surface area contributed by atoms with Crippen LogP contribution in [0, 0.1) is 0 Å². The topological polar surface area (TPSA) is 74.2 Å². The second-order valence-electron chi connectivity index (χ2n) is 7.28. The molecule has 5 heteroatoms. The van der Waals surface area contributed by atoms with Crippen LogP contribution in [0.1, 0.15) is 29.8 Å². The molecule has 3 aromatic carbocycles. The molecule has 2 N–H and O–H groups in total. The maximum absolute atomic E-state index is 6.49. The highest BCUT2D eigenvalue weighted by Gasteiger charge is 2.28. The van der Waals surface area contributed by atoms with Crippen molar-refractivity contribution in [2.45, 2.75) is 25.3 Å². The van der Waals surface area contributed by atoms with Gasteiger partial charge in [0.05, 0.1) is 12.0 Å². The molecule has 1 atom stereocenters. The average Bonchev–Trinajstić information content (AvgIpc) is 3.20. The summed E-state index contributed by atoms with van der Waals surface area (Å²) in [4.78, 5) is 0. The molecular weight excluding hydrogens is 362 g/mol. The number of rotatable bonds is 7. The molecule has 4 rings (SSSR count). The van der Waals surface area contributed by atoms with Gasteiger partial charge in [-0.25, -0.2) is 0 Å². The Balaban J connectivity index is 1.51. The monoisotopic (exact) mass is 385 g/mol. The summed E-state index contributed by atoms with van der Waals surface area (Å²) in [5, 5.41) is 8.43. The first-order valence-corrected chi connectivity index (χ1v) is 9.57. The summed E-state index contributed by atoms with van der Waals surface area (Å²) in [6, 6.07) is 27.6. The minimum atomic E-state index is -0.743. The molecule has 0 unspecified atom stereocenters. The Bertz CT molecular complexity index is 1060. The summed E-state index contributed by atoms with van der Waals surface area (Å²) in [5.41, 5.74) is 7.83. The summed E-state index contributed by atoms with van der Waals surface area (Å²) < 4.78 is 11.9. The third-order valence-electron chi connectivity index (χ3n) is 4.65. The van der Waals surface area contributed by atoms with Crippen LogP contribution >= 0.6 is 0 Å². The van der Waals surface area contributed by atoms with E-state index in [0.717, 1.165) is 22.6 Å². The molecule has 1 aromatic heterocycles. The lowest BCUT2D eigenvalue weighted by atomic mass is 9.94. The number of para-hydroxylation sites is 2. The number of hydrogen-bond donors (Lipinski definition) is 1. The van der Waals surface area contributed by atoms with E-state index in [4.69, 9.17) is 14.9 Å². The number of benzene rings is 3. The first-order valence-electron chi connectivity index (χ1n) is 9.57. The molecule has 29 heavy (non-hydrogen) atoms. The molecule has 0 spiro atoms. The number of ether oxygens (including phenoxy) is 1. The van der Waals surface area contributed by atoms with Crippen molar-refractivity contribution in [1.82, 2.24) is 10.2 Å². The van der Waals surface area contributed by atoms with Gasteiger partial charge in [0.2, 0.25) is 11.8 Å². The van der Waals surface area contributed by atoms with E-state index >= 15 is 0 Å². The SMILES string of the molecule is C[C@@](N)(Cc1ccccc1)c1nnc(Cc2ccccc2Oc2ccccc2)o1. The molecule has 0 radical (unpaired) electrons. The fraction of sp³-hybridized carbons (Fsp3) is 0.167. The second-order valence-corrected chi connectivity index (χ2v) is 7.28. The zero-order valence-corrected chi connectivity index (χ0v) is 16.3. The van der Waals surface area contributed by atoms with Gasteiger partial charge in [-0.2, -0.15) is 0 Å². The van der Waals surface area contributed by atoms with Gasteiger partial charge in [0, 0.05) is 5.56 Å². The van der Waals surface area contributed by atoms with Crippen LogP contribution in [0.3, 0.4) is 0 Å². The van der Waals surface area contributed by atoms with Crippen molar-refractivity contribution in [3.63, 3.8) is 0 Å². The highest BCUT2D eigenvalue weighted by atomic mass is 16.5. The molecule has 0 aliphatic carbocycles. The number of nitrogens with two attached hydrogens (primary N) is 1. The van der Waals surface area contributed by atoms with Gasteiger partial charge in [0.25, 0.3) is 0 Å². The summed E-state index contributed by atoms with van der Waals surface area (Å²) in [7, 11) is 0. The lowest BCUT2D eigenvalue weighted by Crippen LogP contribution is -2.35. The Hall–Kier alpha value is -3.44. The quantitative estimate of drug-likeness (QED) is 0.491. The maximum Gasteiger partial charge on any atom is 0.236 e. The smallest absolute Gasteiger partial charge is 0.236 e. The largest absolute Gasteiger partial charge is 0.457 e. The Labute approximate surface area is 170 Å². The van der Waals surface area contributed by atoms with Gasteiger partial charge in [-0.05, 0) is 37.1 Å². The van der Waals surface area contributed by atoms with Crippen LogP contribution in [-0.4, -0.2) is 10.2 Å². The highest BCUT2D eigenvalue weighted by Crippen LogP contribution is 2.28. The van der Waals surface area contributed by atoms with Crippen molar-refractivity contribution in [3.05, 3.63) is 108 Å². The lowest BCUT2D eigenvalue weighted by molar-refractivity contribution is 0.338. The molecule has 0 saturated carbocycles. The molecule has 0 aliphatic heterocycles. The van der Waals surface area contributed by atoms with Crippen molar-refractivity contribution < 1.29 is 9.15 Å². The molecule has 0 amide bonds. The summed E-state index contributed by atoms with van der Waals surface area (Å²) in [5.74, 6) is 2.48. The molecular formula is C24H23N3O2. The molecule has 0 fully saturated rings. The van der Waals surface area contributed by atoms with Gasteiger partial charge >= 0.3 is 0 Å². The normalized spacial score (nSPS) is 13.0. The van der Waals surface area contributed by atoms with Crippen LogP contribution < -0.4 is 10.5 Å². The number of aromatic nitrogens is 2. The predicted octanol–water partition coefficient (Wildman–Crippen LogP) is 4.87. The van der Waals surface area contributed by atoms with Gasteiger partial charge in [0.15, 0.2) is 0 Å². The standard InChI is InChI=1S/C24H23N3O2/c1-24(25,17-18-10-4-2-5-11-18)23-27-26-22(29-23)16-19-12-8-9-15-21(19)28-20-13-6-3-7-14-20/h2-15H,16-17,25H2,1H3/t24-/m1/s1. The molecule has 1 heterocycles. The van der Waals surface area contributed by atoms with Crippen LogP contribution in [0.5, 0.6) is 11.5 Å². The molecule has 4 aromatic rings. The van der Waals surface area contributed by atoms with E-state index in [2.05, 4.69) is 10.2 Å². The first kappa shape index (κ1) is 18.9. The average molecular weight is 385 g/mol. The van der Waals surface area contributed by atoms with Crippen LogP contribution in [0.4, 0.5) is 0 Å².